The predicted octanol–water partition coefficient (Wildman–Crippen LogP) is 1.67. The Labute approximate surface area is 82.0 Å². The number of nitrogens with one attached hydrogen (secondary N) is 1. The highest BCUT2D eigenvalue weighted by Gasteiger charge is 2.21. The third kappa shape index (κ3) is 3.53. The minimum Gasteiger partial charge on any atom is -0.465 e. The van der Waals surface area contributed by atoms with Gasteiger partial charge in [-0.05, 0) is 37.9 Å². The van der Waals surface area contributed by atoms with Crippen molar-refractivity contribution in [2.45, 2.75) is 37.8 Å². The van der Waals surface area contributed by atoms with Gasteiger partial charge in [-0.1, -0.05) is 0 Å². The number of nitrogens with zero attached hydrogens (tertiary/aromatic N) is 1. The van der Waals surface area contributed by atoms with E-state index in [0.29, 0.717) is 0 Å². The maximum Gasteiger partial charge on any atom is 0.404 e. The van der Waals surface area contributed by atoms with Crippen molar-refractivity contribution in [1.82, 2.24) is 5.32 Å². The lowest BCUT2D eigenvalue weighted by Crippen LogP contribution is -2.37. The average Bonchev–Trinajstić information content (AvgIpc) is 2.08. The molecule has 72 valence electrons. The molecule has 0 aromatic heterocycles. The Morgan fingerprint density at radius 3 is 2.54 bits per heavy atom. The number of rotatable bonds is 2. The van der Waals surface area contributed by atoms with Crippen LogP contribution < -0.4 is 5.32 Å². The Balaban J connectivity index is 2.30. The molecule has 1 fully saturated rings. The van der Waals surface area contributed by atoms with Gasteiger partial charge in [0.2, 0.25) is 0 Å². The molecule has 0 heterocycles. The van der Waals surface area contributed by atoms with E-state index in [1.54, 1.807) is 0 Å². The van der Waals surface area contributed by atoms with Crippen molar-refractivity contribution in [3.05, 3.63) is 0 Å². The van der Waals surface area contributed by atoms with Crippen LogP contribution in [0, 0.1) is 0 Å². The van der Waals surface area contributed by atoms with Gasteiger partial charge in [-0.2, -0.15) is 0 Å². The third-order valence-corrected chi connectivity index (χ3v) is 2.36. The molecule has 1 saturated carbocycles. The molecule has 0 radical (unpaired) electrons. The second-order valence-corrected chi connectivity index (χ2v) is 3.36. The summed E-state index contributed by atoms with van der Waals surface area (Å²) in [5.41, 5.74) is 0. The number of aliphatic imine (C=N–C) groups is 1. The molecule has 13 heavy (non-hydrogen) atoms. The first kappa shape index (κ1) is 10.2. The Morgan fingerprint density at radius 2 is 2.08 bits per heavy atom. The summed E-state index contributed by atoms with van der Waals surface area (Å²) in [5.74, 6) is 0. The van der Waals surface area contributed by atoms with E-state index in [1.807, 2.05) is 0 Å². The van der Waals surface area contributed by atoms with Gasteiger partial charge in [0.25, 0.3) is 0 Å². The average molecular weight is 200 g/mol. The Morgan fingerprint density at radius 1 is 1.46 bits per heavy atom. The van der Waals surface area contributed by atoms with Crippen LogP contribution in [-0.4, -0.2) is 28.4 Å². The first-order valence-electron chi connectivity index (χ1n) is 4.29. The van der Waals surface area contributed by atoms with Crippen LogP contribution in [0.5, 0.6) is 0 Å². The number of thiocarbonyl (C=S) groups is 1. The van der Waals surface area contributed by atoms with Gasteiger partial charge in [0, 0.05) is 6.04 Å². The zero-order valence-corrected chi connectivity index (χ0v) is 8.01. The van der Waals surface area contributed by atoms with E-state index in [-0.39, 0.29) is 12.1 Å². The summed E-state index contributed by atoms with van der Waals surface area (Å²) in [5, 5.41) is 13.3. The molecule has 0 aromatic carbocycles. The number of carbonyl (C=O) groups is 1. The Bertz CT molecular complexity index is 230. The van der Waals surface area contributed by atoms with Gasteiger partial charge < -0.3 is 10.4 Å². The fourth-order valence-corrected chi connectivity index (χ4v) is 1.75. The SMILES string of the molecule is O=C(O)NC1CCC(N=C=S)CC1. The summed E-state index contributed by atoms with van der Waals surface area (Å²) in [4.78, 5) is 14.3. The fraction of sp³-hybridized carbons (Fsp3) is 0.750. The van der Waals surface area contributed by atoms with Crippen molar-refractivity contribution in [3.8, 4) is 0 Å². The van der Waals surface area contributed by atoms with Crippen LogP contribution in [0.15, 0.2) is 4.99 Å². The van der Waals surface area contributed by atoms with Crippen molar-refractivity contribution >= 4 is 23.5 Å². The summed E-state index contributed by atoms with van der Waals surface area (Å²) in [7, 11) is 0. The molecule has 0 saturated heterocycles. The highest BCUT2D eigenvalue weighted by atomic mass is 32.1. The molecule has 0 aromatic rings. The molecule has 0 unspecified atom stereocenters. The van der Waals surface area contributed by atoms with E-state index in [1.165, 1.54) is 0 Å². The zero-order valence-electron chi connectivity index (χ0n) is 7.19. The summed E-state index contributed by atoms with van der Waals surface area (Å²) < 4.78 is 0. The van der Waals surface area contributed by atoms with Crippen LogP contribution in [0.2, 0.25) is 0 Å². The van der Waals surface area contributed by atoms with Crippen LogP contribution in [0.4, 0.5) is 4.79 Å². The quantitative estimate of drug-likeness (QED) is 0.526. The van der Waals surface area contributed by atoms with Crippen molar-refractivity contribution in [2.75, 3.05) is 0 Å². The summed E-state index contributed by atoms with van der Waals surface area (Å²) in [6.45, 7) is 0. The van der Waals surface area contributed by atoms with Crippen LogP contribution >= 0.6 is 12.2 Å². The normalized spacial score (nSPS) is 27.4. The molecule has 5 heteroatoms. The molecule has 0 spiro atoms. The molecule has 1 aliphatic carbocycles. The highest BCUT2D eigenvalue weighted by molar-refractivity contribution is 7.78. The smallest absolute Gasteiger partial charge is 0.404 e. The molecule has 0 bridgehead atoms. The van der Waals surface area contributed by atoms with Gasteiger partial charge in [0.15, 0.2) is 0 Å². The molecular formula is C8H12N2O2S. The monoisotopic (exact) mass is 200 g/mol. The summed E-state index contributed by atoms with van der Waals surface area (Å²) in [6, 6.07) is 0.346. The van der Waals surface area contributed by atoms with Crippen molar-refractivity contribution < 1.29 is 9.90 Å². The van der Waals surface area contributed by atoms with Crippen molar-refractivity contribution in [1.29, 1.82) is 0 Å². The summed E-state index contributed by atoms with van der Waals surface area (Å²) >= 11 is 4.51. The van der Waals surface area contributed by atoms with E-state index < -0.39 is 6.09 Å². The standard InChI is InChI=1S/C8H12N2O2S/c11-8(12)10-7-3-1-6(2-4-7)9-5-13/h6-7,10H,1-4H2,(H,11,12). The first-order chi connectivity index (χ1) is 6.22. The molecule has 0 aliphatic heterocycles. The topological polar surface area (TPSA) is 61.7 Å². The molecule has 1 amide bonds. The second kappa shape index (κ2) is 4.94. The molecule has 1 aliphatic rings. The molecular weight excluding hydrogens is 188 g/mol. The van der Waals surface area contributed by atoms with Crippen LogP contribution in [0.1, 0.15) is 25.7 Å². The number of isothiocyanates is 1. The maximum absolute atomic E-state index is 10.3. The van der Waals surface area contributed by atoms with E-state index in [9.17, 15) is 4.79 Å². The summed E-state index contributed by atoms with van der Waals surface area (Å²) in [6.07, 6.45) is 2.54. The molecule has 1 rings (SSSR count). The minimum atomic E-state index is -0.943. The molecule has 2 N–H and O–H groups in total. The van der Waals surface area contributed by atoms with Gasteiger partial charge in [-0.25, -0.2) is 9.79 Å². The number of hydrogen-bond donors (Lipinski definition) is 2. The van der Waals surface area contributed by atoms with Gasteiger partial charge >= 0.3 is 6.09 Å². The number of carboxylic acid groups (broad SMARTS) is 1. The van der Waals surface area contributed by atoms with Crippen LogP contribution in [0.25, 0.3) is 0 Å². The predicted molar refractivity (Wildman–Crippen MR) is 52.2 cm³/mol. The van der Waals surface area contributed by atoms with Crippen LogP contribution in [-0.2, 0) is 0 Å². The number of amides is 1. The number of hydrogen-bond acceptors (Lipinski definition) is 3. The largest absolute Gasteiger partial charge is 0.465 e. The van der Waals surface area contributed by atoms with E-state index >= 15 is 0 Å². The minimum absolute atomic E-state index is 0.0917. The lowest BCUT2D eigenvalue weighted by Gasteiger charge is -2.25. The molecule has 0 atom stereocenters. The zero-order chi connectivity index (χ0) is 9.68. The van der Waals surface area contributed by atoms with E-state index in [0.717, 1.165) is 25.7 Å². The van der Waals surface area contributed by atoms with E-state index in [4.69, 9.17) is 5.11 Å². The Kier molecular flexibility index (Phi) is 3.86. The maximum atomic E-state index is 10.3. The lowest BCUT2D eigenvalue weighted by molar-refractivity contribution is 0.185. The second-order valence-electron chi connectivity index (χ2n) is 3.18. The molecule has 4 nitrogen and oxygen atoms in total. The third-order valence-electron chi connectivity index (χ3n) is 2.26. The first-order valence-corrected chi connectivity index (χ1v) is 4.69. The highest BCUT2D eigenvalue weighted by Crippen LogP contribution is 2.20. The Hall–Kier alpha value is -0.930. The van der Waals surface area contributed by atoms with Gasteiger partial charge in [-0.15, -0.1) is 0 Å². The van der Waals surface area contributed by atoms with E-state index in [2.05, 4.69) is 27.7 Å². The fourth-order valence-electron chi connectivity index (χ4n) is 1.60. The van der Waals surface area contributed by atoms with Gasteiger partial charge in [0.05, 0.1) is 11.2 Å². The van der Waals surface area contributed by atoms with Gasteiger partial charge in [-0.3, -0.25) is 0 Å². The lowest BCUT2D eigenvalue weighted by atomic mass is 9.92. The van der Waals surface area contributed by atoms with Crippen molar-refractivity contribution in [2.24, 2.45) is 4.99 Å². The van der Waals surface area contributed by atoms with Crippen LogP contribution in [0.3, 0.4) is 0 Å². The van der Waals surface area contributed by atoms with Crippen molar-refractivity contribution in [3.63, 3.8) is 0 Å². The van der Waals surface area contributed by atoms with Gasteiger partial charge in [0.1, 0.15) is 0 Å².